The fraction of sp³-hybridized carbons (Fsp3) is 0.111. The standard InChI is InChI=1S/C18H16N4O2S/c1-21(13-5-3-9-19-11-13)17(23)15-7-8-16(25-15)18(24)22(2)14-6-4-10-20-12-14/h3-12H,1-2H3. The Balaban J connectivity index is 1.78. The van der Waals surface area contributed by atoms with E-state index in [1.54, 1.807) is 75.3 Å². The van der Waals surface area contributed by atoms with E-state index in [-0.39, 0.29) is 11.8 Å². The zero-order valence-corrected chi connectivity index (χ0v) is 14.6. The first-order valence-corrected chi connectivity index (χ1v) is 8.35. The number of hydrogen-bond acceptors (Lipinski definition) is 5. The van der Waals surface area contributed by atoms with Crippen molar-refractivity contribution in [3.05, 3.63) is 70.9 Å². The highest BCUT2D eigenvalue weighted by molar-refractivity contribution is 7.16. The summed E-state index contributed by atoms with van der Waals surface area (Å²) < 4.78 is 0. The van der Waals surface area contributed by atoms with Gasteiger partial charge in [-0.1, -0.05) is 0 Å². The molecule has 0 aliphatic rings. The molecule has 6 nitrogen and oxygen atoms in total. The Kier molecular flexibility index (Phi) is 4.85. The molecular formula is C18H16N4O2S. The van der Waals surface area contributed by atoms with Crippen LogP contribution in [0.15, 0.2) is 61.2 Å². The maximum Gasteiger partial charge on any atom is 0.268 e. The number of aromatic nitrogens is 2. The molecule has 0 radical (unpaired) electrons. The number of thiophene rings is 1. The number of anilines is 2. The first kappa shape index (κ1) is 16.8. The molecule has 0 aliphatic heterocycles. The van der Waals surface area contributed by atoms with Crippen molar-refractivity contribution in [2.75, 3.05) is 23.9 Å². The summed E-state index contributed by atoms with van der Waals surface area (Å²) in [7, 11) is 3.37. The minimum absolute atomic E-state index is 0.180. The van der Waals surface area contributed by atoms with Gasteiger partial charge in [0, 0.05) is 26.5 Å². The van der Waals surface area contributed by atoms with Crippen molar-refractivity contribution in [1.82, 2.24) is 9.97 Å². The van der Waals surface area contributed by atoms with Gasteiger partial charge in [0.2, 0.25) is 0 Å². The Labute approximate surface area is 149 Å². The van der Waals surface area contributed by atoms with Crippen LogP contribution in [-0.2, 0) is 0 Å². The van der Waals surface area contributed by atoms with Gasteiger partial charge in [-0.2, -0.15) is 0 Å². The molecule has 2 amide bonds. The van der Waals surface area contributed by atoms with Crippen LogP contribution in [0, 0.1) is 0 Å². The van der Waals surface area contributed by atoms with Crippen LogP contribution in [0.3, 0.4) is 0 Å². The lowest BCUT2D eigenvalue weighted by molar-refractivity contribution is 0.0990. The van der Waals surface area contributed by atoms with Crippen LogP contribution in [0.25, 0.3) is 0 Å². The normalized spacial score (nSPS) is 10.3. The van der Waals surface area contributed by atoms with E-state index < -0.39 is 0 Å². The van der Waals surface area contributed by atoms with E-state index in [1.807, 2.05) is 0 Å². The number of pyridine rings is 2. The van der Waals surface area contributed by atoms with Crippen LogP contribution < -0.4 is 9.80 Å². The number of carbonyl (C=O) groups excluding carboxylic acids is 2. The zero-order chi connectivity index (χ0) is 17.8. The molecule has 0 saturated heterocycles. The van der Waals surface area contributed by atoms with Gasteiger partial charge in [0.05, 0.1) is 33.5 Å². The Bertz CT molecular complexity index is 808. The van der Waals surface area contributed by atoms with Gasteiger partial charge in [-0.3, -0.25) is 19.6 Å². The summed E-state index contributed by atoms with van der Waals surface area (Å²) in [6, 6.07) is 10.5. The molecule has 126 valence electrons. The van der Waals surface area contributed by atoms with Crippen LogP contribution in [0.1, 0.15) is 19.3 Å². The Morgan fingerprint density at radius 1 is 0.800 bits per heavy atom. The summed E-state index contributed by atoms with van der Waals surface area (Å²) in [6.45, 7) is 0. The lowest BCUT2D eigenvalue weighted by Gasteiger charge is -2.16. The second-order valence-electron chi connectivity index (χ2n) is 5.31. The van der Waals surface area contributed by atoms with E-state index in [0.717, 1.165) is 0 Å². The molecule has 0 fully saturated rings. The Morgan fingerprint density at radius 3 is 1.60 bits per heavy atom. The van der Waals surface area contributed by atoms with Crippen molar-refractivity contribution in [3.8, 4) is 0 Å². The third-order valence-corrected chi connectivity index (χ3v) is 4.76. The monoisotopic (exact) mass is 352 g/mol. The molecule has 7 heteroatoms. The average molecular weight is 352 g/mol. The summed E-state index contributed by atoms with van der Waals surface area (Å²) in [4.78, 5) is 37.2. The van der Waals surface area contributed by atoms with Crippen molar-refractivity contribution in [2.45, 2.75) is 0 Å². The summed E-state index contributed by atoms with van der Waals surface area (Å²) in [5.74, 6) is -0.359. The van der Waals surface area contributed by atoms with Gasteiger partial charge in [0.1, 0.15) is 0 Å². The van der Waals surface area contributed by atoms with E-state index in [0.29, 0.717) is 21.1 Å². The Morgan fingerprint density at radius 2 is 1.24 bits per heavy atom. The van der Waals surface area contributed by atoms with E-state index in [4.69, 9.17) is 0 Å². The van der Waals surface area contributed by atoms with Gasteiger partial charge in [-0.25, -0.2) is 0 Å². The van der Waals surface area contributed by atoms with Crippen molar-refractivity contribution in [1.29, 1.82) is 0 Å². The van der Waals surface area contributed by atoms with Crippen LogP contribution in [0.2, 0.25) is 0 Å². The quantitative estimate of drug-likeness (QED) is 0.724. The van der Waals surface area contributed by atoms with E-state index >= 15 is 0 Å². The number of rotatable bonds is 4. The van der Waals surface area contributed by atoms with E-state index in [9.17, 15) is 9.59 Å². The molecule has 0 aliphatic carbocycles. The van der Waals surface area contributed by atoms with Crippen LogP contribution in [-0.4, -0.2) is 35.9 Å². The molecule has 0 N–H and O–H groups in total. The highest BCUT2D eigenvalue weighted by Crippen LogP contribution is 2.23. The second kappa shape index (κ2) is 7.23. The number of hydrogen-bond donors (Lipinski definition) is 0. The molecular weight excluding hydrogens is 336 g/mol. The average Bonchev–Trinajstić information content (AvgIpc) is 3.17. The fourth-order valence-electron chi connectivity index (χ4n) is 2.24. The lowest BCUT2D eigenvalue weighted by atomic mass is 10.3. The number of carbonyl (C=O) groups is 2. The van der Waals surface area contributed by atoms with E-state index in [2.05, 4.69) is 9.97 Å². The second-order valence-corrected chi connectivity index (χ2v) is 6.40. The summed E-state index contributed by atoms with van der Waals surface area (Å²) in [6.07, 6.45) is 6.54. The predicted octanol–water partition coefficient (Wildman–Crippen LogP) is 3.09. The highest BCUT2D eigenvalue weighted by atomic mass is 32.1. The third kappa shape index (κ3) is 3.56. The van der Waals surface area contributed by atoms with Crippen LogP contribution in [0.4, 0.5) is 11.4 Å². The smallest absolute Gasteiger partial charge is 0.268 e. The molecule has 3 rings (SSSR count). The van der Waals surface area contributed by atoms with Crippen molar-refractivity contribution < 1.29 is 9.59 Å². The summed E-state index contributed by atoms with van der Waals surface area (Å²) >= 11 is 1.17. The molecule has 0 saturated carbocycles. The molecule has 0 atom stereocenters. The predicted molar refractivity (Wildman–Crippen MR) is 98.3 cm³/mol. The molecule has 3 aromatic heterocycles. The molecule has 0 aromatic carbocycles. The minimum Gasteiger partial charge on any atom is -0.309 e. The molecule has 3 heterocycles. The largest absolute Gasteiger partial charge is 0.309 e. The molecule has 0 spiro atoms. The maximum absolute atomic E-state index is 12.6. The van der Waals surface area contributed by atoms with Crippen molar-refractivity contribution >= 4 is 34.5 Å². The first-order valence-electron chi connectivity index (χ1n) is 7.54. The minimum atomic E-state index is -0.180. The van der Waals surface area contributed by atoms with Gasteiger partial charge in [-0.05, 0) is 36.4 Å². The van der Waals surface area contributed by atoms with Gasteiger partial charge < -0.3 is 9.80 Å². The van der Waals surface area contributed by atoms with Crippen LogP contribution in [0.5, 0.6) is 0 Å². The Hall–Kier alpha value is -3.06. The molecule has 3 aromatic rings. The number of nitrogens with zero attached hydrogens (tertiary/aromatic N) is 4. The zero-order valence-electron chi connectivity index (χ0n) is 13.8. The molecule has 0 bridgehead atoms. The molecule has 25 heavy (non-hydrogen) atoms. The summed E-state index contributed by atoms with van der Waals surface area (Å²) in [5, 5.41) is 0. The fourth-order valence-corrected chi connectivity index (χ4v) is 3.19. The third-order valence-electron chi connectivity index (χ3n) is 3.70. The van der Waals surface area contributed by atoms with Gasteiger partial charge >= 0.3 is 0 Å². The van der Waals surface area contributed by atoms with E-state index in [1.165, 1.54) is 21.1 Å². The van der Waals surface area contributed by atoms with Gasteiger partial charge in [0.15, 0.2) is 0 Å². The van der Waals surface area contributed by atoms with Crippen molar-refractivity contribution in [3.63, 3.8) is 0 Å². The van der Waals surface area contributed by atoms with Gasteiger partial charge in [-0.15, -0.1) is 11.3 Å². The first-order chi connectivity index (χ1) is 12.1. The highest BCUT2D eigenvalue weighted by Gasteiger charge is 2.20. The van der Waals surface area contributed by atoms with Gasteiger partial charge in [0.25, 0.3) is 11.8 Å². The lowest BCUT2D eigenvalue weighted by Crippen LogP contribution is -2.26. The topological polar surface area (TPSA) is 66.4 Å². The molecule has 0 unspecified atom stereocenters. The van der Waals surface area contributed by atoms with Crippen LogP contribution >= 0.6 is 11.3 Å². The summed E-state index contributed by atoms with van der Waals surface area (Å²) in [5.41, 5.74) is 1.39. The maximum atomic E-state index is 12.6. The number of amides is 2. The SMILES string of the molecule is CN(C(=O)c1ccc(C(=O)N(C)c2cccnc2)s1)c1cccnc1. The van der Waals surface area contributed by atoms with Crippen molar-refractivity contribution in [2.24, 2.45) is 0 Å².